The third-order valence-corrected chi connectivity index (χ3v) is 4.21. The summed E-state index contributed by atoms with van der Waals surface area (Å²) in [6.45, 7) is 0.682. The number of benzene rings is 2. The minimum Gasteiger partial charge on any atom is -0.457 e. The van der Waals surface area contributed by atoms with Crippen LogP contribution < -0.4 is 10.1 Å². The first kappa shape index (κ1) is 16.8. The van der Waals surface area contributed by atoms with Crippen LogP contribution >= 0.6 is 0 Å². The first-order valence-electron chi connectivity index (χ1n) is 8.78. The van der Waals surface area contributed by atoms with Gasteiger partial charge in [0.05, 0.1) is 5.69 Å². The van der Waals surface area contributed by atoms with E-state index < -0.39 is 0 Å². The zero-order chi connectivity index (χ0) is 18.5. The van der Waals surface area contributed by atoms with Gasteiger partial charge >= 0.3 is 0 Å². The summed E-state index contributed by atoms with van der Waals surface area (Å²) < 4.78 is 7.75. The lowest BCUT2D eigenvalue weighted by molar-refractivity contribution is 0.482. The molecule has 4 rings (SSSR count). The predicted octanol–water partition coefficient (Wildman–Crippen LogP) is 4.89. The number of ether oxygens (including phenoxy) is 1. The van der Waals surface area contributed by atoms with Gasteiger partial charge in [-0.15, -0.1) is 0 Å². The second kappa shape index (κ2) is 7.74. The van der Waals surface area contributed by atoms with E-state index in [-0.39, 0.29) is 0 Å². The lowest BCUT2D eigenvalue weighted by Gasteiger charge is -2.09. The van der Waals surface area contributed by atoms with E-state index in [1.807, 2.05) is 78.5 Å². The number of nitrogens with zero attached hydrogens (tertiary/aromatic N) is 3. The van der Waals surface area contributed by atoms with Crippen LogP contribution in [0.2, 0.25) is 0 Å². The minimum absolute atomic E-state index is 0.682. The minimum atomic E-state index is 0.682. The highest BCUT2D eigenvalue weighted by Crippen LogP contribution is 2.23. The molecule has 0 fully saturated rings. The Balaban J connectivity index is 1.45. The molecule has 27 heavy (non-hydrogen) atoms. The van der Waals surface area contributed by atoms with Crippen molar-refractivity contribution in [2.75, 3.05) is 5.32 Å². The largest absolute Gasteiger partial charge is 0.457 e. The standard InChI is InChI=1S/C22H20N4O/c1-26-22(15-21(25-26)18-10-12-23-13-11-18)24-16-17-6-5-9-20(14-17)27-19-7-3-2-4-8-19/h2-15,24H,16H2,1H3. The number of aryl methyl sites for hydroxylation is 1. The molecule has 2 aromatic carbocycles. The van der Waals surface area contributed by atoms with E-state index in [1.165, 1.54) is 0 Å². The third-order valence-electron chi connectivity index (χ3n) is 4.21. The normalized spacial score (nSPS) is 10.6. The lowest BCUT2D eigenvalue weighted by Crippen LogP contribution is -2.04. The van der Waals surface area contributed by atoms with Crippen LogP contribution in [-0.2, 0) is 13.6 Å². The molecule has 0 unspecified atom stereocenters. The van der Waals surface area contributed by atoms with Crippen LogP contribution in [0.1, 0.15) is 5.56 Å². The van der Waals surface area contributed by atoms with Crippen LogP contribution in [0.5, 0.6) is 11.5 Å². The van der Waals surface area contributed by atoms with Gasteiger partial charge in [0, 0.05) is 37.6 Å². The summed E-state index contributed by atoms with van der Waals surface area (Å²) in [5.74, 6) is 2.61. The zero-order valence-electron chi connectivity index (χ0n) is 15.0. The van der Waals surface area contributed by atoms with Crippen LogP contribution in [0.25, 0.3) is 11.3 Å². The molecule has 2 heterocycles. The van der Waals surface area contributed by atoms with Gasteiger partial charge in [0.1, 0.15) is 17.3 Å². The van der Waals surface area contributed by atoms with Gasteiger partial charge < -0.3 is 10.1 Å². The molecule has 0 aliphatic heterocycles. The van der Waals surface area contributed by atoms with Crippen LogP contribution in [0.3, 0.4) is 0 Å². The lowest BCUT2D eigenvalue weighted by atomic mass is 10.2. The molecule has 0 aliphatic carbocycles. The molecule has 4 aromatic rings. The van der Waals surface area contributed by atoms with E-state index in [4.69, 9.17) is 4.74 Å². The van der Waals surface area contributed by atoms with Crippen molar-refractivity contribution in [2.45, 2.75) is 6.54 Å². The summed E-state index contributed by atoms with van der Waals surface area (Å²) in [6.07, 6.45) is 3.55. The first-order valence-corrected chi connectivity index (χ1v) is 8.78. The number of para-hydroxylation sites is 1. The van der Waals surface area contributed by atoms with Crippen LogP contribution in [0.15, 0.2) is 85.2 Å². The van der Waals surface area contributed by atoms with Gasteiger partial charge in [0.15, 0.2) is 0 Å². The Bertz CT molecular complexity index is 1010. The topological polar surface area (TPSA) is 52.0 Å². The maximum atomic E-state index is 5.91. The Hall–Kier alpha value is -3.60. The fourth-order valence-electron chi connectivity index (χ4n) is 2.83. The highest BCUT2D eigenvalue weighted by atomic mass is 16.5. The Morgan fingerprint density at radius 3 is 2.48 bits per heavy atom. The van der Waals surface area contributed by atoms with Gasteiger partial charge in [0.2, 0.25) is 0 Å². The van der Waals surface area contributed by atoms with E-state index >= 15 is 0 Å². The third kappa shape index (κ3) is 4.15. The molecule has 0 saturated heterocycles. The molecule has 0 radical (unpaired) electrons. The van der Waals surface area contributed by atoms with Gasteiger partial charge in [-0.05, 0) is 42.0 Å². The SMILES string of the molecule is Cn1nc(-c2ccncc2)cc1NCc1cccc(Oc2ccccc2)c1. The second-order valence-electron chi connectivity index (χ2n) is 6.19. The van der Waals surface area contributed by atoms with Crippen LogP contribution in [-0.4, -0.2) is 14.8 Å². The monoisotopic (exact) mass is 356 g/mol. The molecule has 134 valence electrons. The van der Waals surface area contributed by atoms with Gasteiger partial charge in [-0.25, -0.2) is 0 Å². The fraction of sp³-hybridized carbons (Fsp3) is 0.0909. The summed E-state index contributed by atoms with van der Waals surface area (Å²) in [5.41, 5.74) is 3.10. The highest BCUT2D eigenvalue weighted by Gasteiger charge is 2.07. The van der Waals surface area contributed by atoms with Gasteiger partial charge in [-0.2, -0.15) is 5.10 Å². The van der Waals surface area contributed by atoms with Crippen molar-refractivity contribution in [2.24, 2.45) is 7.05 Å². The molecule has 0 spiro atoms. The summed E-state index contributed by atoms with van der Waals surface area (Å²) >= 11 is 0. The molecule has 0 amide bonds. The number of pyridine rings is 1. The van der Waals surface area contributed by atoms with E-state index in [9.17, 15) is 0 Å². The Morgan fingerprint density at radius 2 is 1.67 bits per heavy atom. The molecule has 2 aromatic heterocycles. The number of anilines is 1. The second-order valence-corrected chi connectivity index (χ2v) is 6.19. The fourth-order valence-corrected chi connectivity index (χ4v) is 2.83. The average Bonchev–Trinajstić information content (AvgIpc) is 3.09. The van der Waals surface area contributed by atoms with Crippen molar-refractivity contribution >= 4 is 5.82 Å². The molecule has 1 N–H and O–H groups in total. The molecular formula is C22H20N4O. The summed E-state index contributed by atoms with van der Waals surface area (Å²) in [7, 11) is 1.93. The first-order chi connectivity index (χ1) is 13.3. The van der Waals surface area contributed by atoms with E-state index in [0.717, 1.165) is 34.1 Å². The molecular weight excluding hydrogens is 336 g/mol. The number of aromatic nitrogens is 3. The number of nitrogens with one attached hydrogen (secondary N) is 1. The highest BCUT2D eigenvalue weighted by molar-refractivity contribution is 5.62. The van der Waals surface area contributed by atoms with Crippen LogP contribution in [0.4, 0.5) is 5.82 Å². The molecule has 0 aliphatic rings. The average molecular weight is 356 g/mol. The summed E-state index contributed by atoms with van der Waals surface area (Å²) in [4.78, 5) is 4.05. The van der Waals surface area contributed by atoms with Crippen molar-refractivity contribution in [3.63, 3.8) is 0 Å². The van der Waals surface area contributed by atoms with E-state index in [0.29, 0.717) is 6.54 Å². The quantitative estimate of drug-likeness (QED) is 0.535. The summed E-state index contributed by atoms with van der Waals surface area (Å²) in [6, 6.07) is 23.8. The van der Waals surface area contributed by atoms with Crippen molar-refractivity contribution in [1.82, 2.24) is 14.8 Å². The maximum Gasteiger partial charge on any atom is 0.127 e. The smallest absolute Gasteiger partial charge is 0.127 e. The van der Waals surface area contributed by atoms with Crippen molar-refractivity contribution in [1.29, 1.82) is 0 Å². The van der Waals surface area contributed by atoms with Gasteiger partial charge in [-0.3, -0.25) is 9.67 Å². The Kier molecular flexibility index (Phi) is 4.83. The number of rotatable bonds is 6. The molecule has 0 bridgehead atoms. The molecule has 5 heteroatoms. The zero-order valence-corrected chi connectivity index (χ0v) is 15.0. The van der Waals surface area contributed by atoms with Crippen molar-refractivity contribution < 1.29 is 4.74 Å². The number of hydrogen-bond donors (Lipinski definition) is 1. The van der Waals surface area contributed by atoms with Crippen molar-refractivity contribution in [3.05, 3.63) is 90.8 Å². The van der Waals surface area contributed by atoms with Crippen LogP contribution in [0, 0.1) is 0 Å². The van der Waals surface area contributed by atoms with E-state index in [2.05, 4.69) is 21.5 Å². The number of hydrogen-bond acceptors (Lipinski definition) is 4. The predicted molar refractivity (Wildman–Crippen MR) is 107 cm³/mol. The Morgan fingerprint density at radius 1 is 0.889 bits per heavy atom. The maximum absolute atomic E-state index is 5.91. The van der Waals surface area contributed by atoms with Gasteiger partial charge in [-0.1, -0.05) is 30.3 Å². The van der Waals surface area contributed by atoms with E-state index in [1.54, 1.807) is 12.4 Å². The summed E-state index contributed by atoms with van der Waals surface area (Å²) in [5, 5.41) is 8.01. The van der Waals surface area contributed by atoms with Crippen molar-refractivity contribution in [3.8, 4) is 22.8 Å². The molecule has 0 saturated carbocycles. The Labute approximate surface area is 158 Å². The molecule has 0 atom stereocenters. The van der Waals surface area contributed by atoms with Gasteiger partial charge in [0.25, 0.3) is 0 Å². The molecule has 5 nitrogen and oxygen atoms in total.